The summed E-state index contributed by atoms with van der Waals surface area (Å²) in [5, 5.41) is 6.79. The van der Waals surface area contributed by atoms with Crippen LogP contribution in [0.25, 0.3) is 0 Å². The molecule has 132 valence electrons. The second-order valence-corrected chi connectivity index (χ2v) is 6.93. The number of nitrogens with zero attached hydrogens (tertiary/aromatic N) is 1. The van der Waals surface area contributed by atoms with Crippen molar-refractivity contribution in [1.82, 2.24) is 10.6 Å². The second-order valence-electron chi connectivity index (χ2n) is 6.93. The molecule has 5 nitrogen and oxygen atoms in total. The Bertz CT molecular complexity index is 556. The molecule has 1 aromatic carbocycles. The van der Waals surface area contributed by atoms with E-state index in [0.717, 1.165) is 24.6 Å². The highest BCUT2D eigenvalue weighted by molar-refractivity contribution is 5.80. The first-order chi connectivity index (χ1) is 11.7. The van der Waals surface area contributed by atoms with E-state index in [1.807, 2.05) is 12.1 Å². The molecule has 2 heterocycles. The van der Waals surface area contributed by atoms with Gasteiger partial charge in [0.05, 0.1) is 24.8 Å². The summed E-state index contributed by atoms with van der Waals surface area (Å²) in [6.45, 7) is 5.71. The predicted molar refractivity (Wildman–Crippen MR) is 96.8 cm³/mol. The number of hydrogen-bond acceptors (Lipinski definition) is 3. The van der Waals surface area contributed by atoms with Crippen LogP contribution in [-0.2, 0) is 4.74 Å². The first-order valence-electron chi connectivity index (χ1n) is 9.01. The summed E-state index contributed by atoms with van der Waals surface area (Å²) in [5.41, 5.74) is 1.33. The number of guanidine groups is 1. The summed E-state index contributed by atoms with van der Waals surface area (Å²) in [6, 6.07) is 8.72. The fourth-order valence-electron chi connectivity index (χ4n) is 3.45. The van der Waals surface area contributed by atoms with Gasteiger partial charge in [0, 0.05) is 7.05 Å². The lowest BCUT2D eigenvalue weighted by Crippen LogP contribution is -2.48. The lowest BCUT2D eigenvalue weighted by atomic mass is 9.96. The Morgan fingerprint density at radius 3 is 2.67 bits per heavy atom. The molecule has 0 radical (unpaired) electrons. The van der Waals surface area contributed by atoms with Crippen molar-refractivity contribution in [3.8, 4) is 5.75 Å². The number of ether oxygens (including phenoxy) is 2. The second kappa shape index (κ2) is 7.88. The third-order valence-corrected chi connectivity index (χ3v) is 4.86. The van der Waals surface area contributed by atoms with E-state index >= 15 is 0 Å². The number of hydrogen-bond donors (Lipinski definition) is 2. The number of rotatable bonds is 6. The normalized spacial score (nSPS) is 26.0. The zero-order valence-corrected chi connectivity index (χ0v) is 14.9. The van der Waals surface area contributed by atoms with E-state index < -0.39 is 0 Å². The summed E-state index contributed by atoms with van der Waals surface area (Å²) >= 11 is 0. The van der Waals surface area contributed by atoms with Gasteiger partial charge in [0.25, 0.3) is 0 Å². The SMILES string of the molecule is CN=C(NCCOc1ccc(C(C)C)cc1)NC1CC2CCC1O2. The van der Waals surface area contributed by atoms with Gasteiger partial charge in [-0.25, -0.2) is 0 Å². The predicted octanol–water partition coefficient (Wildman–Crippen LogP) is 2.67. The van der Waals surface area contributed by atoms with Gasteiger partial charge in [0.2, 0.25) is 0 Å². The quantitative estimate of drug-likeness (QED) is 0.478. The smallest absolute Gasteiger partial charge is 0.191 e. The van der Waals surface area contributed by atoms with Crippen LogP contribution in [0.2, 0.25) is 0 Å². The summed E-state index contributed by atoms with van der Waals surface area (Å²) in [4.78, 5) is 4.29. The molecule has 2 saturated heterocycles. The molecule has 0 amide bonds. The lowest BCUT2D eigenvalue weighted by Gasteiger charge is -2.22. The number of fused-ring (bicyclic) bond motifs is 2. The molecule has 3 atom stereocenters. The van der Waals surface area contributed by atoms with Crippen molar-refractivity contribution in [1.29, 1.82) is 0 Å². The minimum absolute atomic E-state index is 0.351. The van der Waals surface area contributed by atoms with Gasteiger partial charge < -0.3 is 20.1 Å². The molecular formula is C19H29N3O2. The van der Waals surface area contributed by atoms with Crippen molar-refractivity contribution < 1.29 is 9.47 Å². The highest BCUT2D eigenvalue weighted by atomic mass is 16.5. The van der Waals surface area contributed by atoms with Gasteiger partial charge in [0.15, 0.2) is 5.96 Å². The third-order valence-electron chi connectivity index (χ3n) is 4.86. The Morgan fingerprint density at radius 2 is 2.08 bits per heavy atom. The Morgan fingerprint density at radius 1 is 1.29 bits per heavy atom. The van der Waals surface area contributed by atoms with E-state index in [-0.39, 0.29) is 0 Å². The monoisotopic (exact) mass is 331 g/mol. The molecule has 2 aliphatic rings. The molecule has 3 unspecified atom stereocenters. The van der Waals surface area contributed by atoms with E-state index in [2.05, 4.69) is 41.6 Å². The fraction of sp³-hybridized carbons (Fsp3) is 0.632. The van der Waals surface area contributed by atoms with Gasteiger partial charge in [-0.3, -0.25) is 4.99 Å². The van der Waals surface area contributed by atoms with Crippen molar-refractivity contribution in [2.24, 2.45) is 4.99 Å². The van der Waals surface area contributed by atoms with Gasteiger partial charge in [-0.2, -0.15) is 0 Å². The number of nitrogens with one attached hydrogen (secondary N) is 2. The average Bonchev–Trinajstić information content (AvgIpc) is 3.21. The zero-order chi connectivity index (χ0) is 16.9. The first kappa shape index (κ1) is 17.1. The average molecular weight is 331 g/mol. The maximum atomic E-state index is 5.87. The highest BCUT2D eigenvalue weighted by Gasteiger charge is 2.41. The maximum Gasteiger partial charge on any atom is 0.191 e. The van der Waals surface area contributed by atoms with Gasteiger partial charge in [-0.05, 0) is 42.9 Å². The van der Waals surface area contributed by atoms with E-state index in [1.165, 1.54) is 12.0 Å². The molecule has 2 fully saturated rings. The van der Waals surface area contributed by atoms with Crippen LogP contribution in [0.1, 0.15) is 44.6 Å². The molecule has 0 spiro atoms. The van der Waals surface area contributed by atoms with Gasteiger partial charge in [-0.15, -0.1) is 0 Å². The number of aliphatic imine (C=N–C) groups is 1. The summed E-state index contributed by atoms with van der Waals surface area (Å²) in [5.74, 6) is 2.28. The fourth-order valence-corrected chi connectivity index (χ4v) is 3.45. The molecular weight excluding hydrogens is 302 g/mol. The zero-order valence-electron chi connectivity index (χ0n) is 14.9. The van der Waals surface area contributed by atoms with Crippen molar-refractivity contribution >= 4 is 5.96 Å². The Labute approximate surface area is 144 Å². The lowest BCUT2D eigenvalue weighted by molar-refractivity contribution is 0.0992. The third kappa shape index (κ3) is 4.20. The van der Waals surface area contributed by atoms with E-state index in [1.54, 1.807) is 7.05 Å². The van der Waals surface area contributed by atoms with Crippen molar-refractivity contribution in [2.45, 2.75) is 57.3 Å². The van der Waals surface area contributed by atoms with Crippen LogP contribution >= 0.6 is 0 Å². The molecule has 0 saturated carbocycles. The highest BCUT2D eigenvalue weighted by Crippen LogP contribution is 2.34. The van der Waals surface area contributed by atoms with Gasteiger partial charge in [0.1, 0.15) is 12.4 Å². The Kier molecular flexibility index (Phi) is 5.61. The largest absolute Gasteiger partial charge is 0.492 e. The van der Waals surface area contributed by atoms with Crippen molar-refractivity contribution in [3.63, 3.8) is 0 Å². The number of benzene rings is 1. The Hall–Kier alpha value is -1.75. The Balaban J connectivity index is 1.37. The van der Waals surface area contributed by atoms with E-state index in [9.17, 15) is 0 Å². The summed E-state index contributed by atoms with van der Waals surface area (Å²) in [7, 11) is 1.80. The maximum absolute atomic E-state index is 5.87. The van der Waals surface area contributed by atoms with Crippen LogP contribution in [0.15, 0.2) is 29.3 Å². The standard InChI is InChI=1S/C19H29N3O2/c1-13(2)14-4-6-15(7-5-14)23-11-10-21-19(20-3)22-17-12-16-8-9-18(17)24-16/h4-7,13,16-18H,8-12H2,1-3H3,(H2,20,21,22). The first-order valence-corrected chi connectivity index (χ1v) is 9.01. The molecule has 1 aromatic rings. The van der Waals surface area contributed by atoms with Crippen LogP contribution in [-0.4, -0.2) is 44.4 Å². The molecule has 0 aromatic heterocycles. The van der Waals surface area contributed by atoms with Crippen LogP contribution in [0, 0.1) is 0 Å². The van der Waals surface area contributed by atoms with E-state index in [4.69, 9.17) is 9.47 Å². The topological polar surface area (TPSA) is 54.9 Å². The van der Waals surface area contributed by atoms with Crippen LogP contribution in [0.5, 0.6) is 5.75 Å². The summed E-state index contributed by atoms with van der Waals surface area (Å²) in [6.07, 6.45) is 4.25. The van der Waals surface area contributed by atoms with Crippen molar-refractivity contribution in [3.05, 3.63) is 29.8 Å². The molecule has 0 aliphatic carbocycles. The summed E-state index contributed by atoms with van der Waals surface area (Å²) < 4.78 is 11.7. The molecule has 24 heavy (non-hydrogen) atoms. The van der Waals surface area contributed by atoms with Crippen molar-refractivity contribution in [2.75, 3.05) is 20.2 Å². The van der Waals surface area contributed by atoms with Crippen LogP contribution in [0.4, 0.5) is 0 Å². The van der Waals surface area contributed by atoms with Crippen LogP contribution < -0.4 is 15.4 Å². The van der Waals surface area contributed by atoms with E-state index in [0.29, 0.717) is 37.3 Å². The molecule has 3 rings (SSSR count). The van der Waals surface area contributed by atoms with Crippen LogP contribution in [0.3, 0.4) is 0 Å². The molecule has 2 bridgehead atoms. The van der Waals surface area contributed by atoms with Gasteiger partial charge >= 0.3 is 0 Å². The minimum Gasteiger partial charge on any atom is -0.492 e. The molecule has 5 heteroatoms. The minimum atomic E-state index is 0.351. The van der Waals surface area contributed by atoms with Gasteiger partial charge in [-0.1, -0.05) is 26.0 Å². The molecule has 2 N–H and O–H groups in total. The molecule has 2 aliphatic heterocycles.